The van der Waals surface area contributed by atoms with Gasteiger partial charge in [0.1, 0.15) is 0 Å². The third-order valence-corrected chi connectivity index (χ3v) is 4.07. The van der Waals surface area contributed by atoms with Gasteiger partial charge in [0.2, 0.25) is 0 Å². The summed E-state index contributed by atoms with van der Waals surface area (Å²) in [6, 6.07) is 10.3. The molecule has 21 heavy (non-hydrogen) atoms. The molecule has 0 unspecified atom stereocenters. The first-order chi connectivity index (χ1) is 10.4. The van der Waals surface area contributed by atoms with E-state index in [-0.39, 0.29) is 6.61 Å². The molecule has 1 aromatic heterocycles. The zero-order valence-corrected chi connectivity index (χ0v) is 12.1. The van der Waals surface area contributed by atoms with Gasteiger partial charge in [-0.25, -0.2) is 0 Å². The third kappa shape index (κ3) is 3.05. The third-order valence-electron chi connectivity index (χ3n) is 4.07. The van der Waals surface area contributed by atoms with E-state index >= 15 is 0 Å². The molecule has 1 heterocycles. The Kier molecular flexibility index (Phi) is 4.45. The minimum Gasteiger partial charge on any atom is -0.395 e. The number of benzene rings is 1. The highest BCUT2D eigenvalue weighted by Crippen LogP contribution is 2.26. The molecule has 0 spiro atoms. The molecule has 1 aliphatic carbocycles. The van der Waals surface area contributed by atoms with Crippen LogP contribution < -0.4 is 4.90 Å². The zero-order valence-electron chi connectivity index (χ0n) is 12.1. The van der Waals surface area contributed by atoms with Crippen LogP contribution in [0.3, 0.4) is 0 Å². The fourth-order valence-electron chi connectivity index (χ4n) is 3.04. The van der Waals surface area contributed by atoms with E-state index in [0.29, 0.717) is 12.6 Å². The smallest absolute Gasteiger partial charge is 0.250 e. The Morgan fingerprint density at radius 2 is 1.90 bits per heavy atom. The molecular formula is C15H21N5O. The number of hydrogen-bond donors (Lipinski definition) is 1. The predicted octanol–water partition coefficient (Wildman–Crippen LogP) is 1.79. The molecule has 3 rings (SSSR count). The van der Waals surface area contributed by atoms with Crippen molar-refractivity contribution in [2.45, 2.75) is 38.1 Å². The first kappa shape index (κ1) is 14.0. The van der Waals surface area contributed by atoms with Crippen molar-refractivity contribution in [2.75, 3.05) is 18.1 Å². The van der Waals surface area contributed by atoms with Crippen LogP contribution in [0.25, 0.3) is 5.69 Å². The lowest BCUT2D eigenvalue weighted by molar-refractivity contribution is 0.288. The molecule has 2 aromatic rings. The van der Waals surface area contributed by atoms with Crippen molar-refractivity contribution in [3.05, 3.63) is 30.3 Å². The van der Waals surface area contributed by atoms with Gasteiger partial charge in [0.05, 0.1) is 12.3 Å². The van der Waals surface area contributed by atoms with E-state index in [0.717, 1.165) is 24.5 Å². The monoisotopic (exact) mass is 287 g/mol. The van der Waals surface area contributed by atoms with Crippen molar-refractivity contribution in [3.8, 4) is 5.69 Å². The largest absolute Gasteiger partial charge is 0.395 e. The maximum Gasteiger partial charge on any atom is 0.250 e. The van der Waals surface area contributed by atoms with Crippen LogP contribution in [-0.4, -0.2) is 44.5 Å². The summed E-state index contributed by atoms with van der Waals surface area (Å²) in [4.78, 5) is 2.16. The second-order valence-corrected chi connectivity index (χ2v) is 5.44. The summed E-state index contributed by atoms with van der Waals surface area (Å²) in [6.07, 6.45) is 6.05. The van der Waals surface area contributed by atoms with E-state index in [1.807, 2.05) is 30.3 Å². The molecule has 1 N–H and O–H groups in total. The summed E-state index contributed by atoms with van der Waals surface area (Å²) in [6.45, 7) is 0.677. The highest BCUT2D eigenvalue weighted by atomic mass is 16.3. The van der Waals surface area contributed by atoms with Gasteiger partial charge in [0.25, 0.3) is 5.95 Å². The van der Waals surface area contributed by atoms with Crippen LogP contribution >= 0.6 is 0 Å². The van der Waals surface area contributed by atoms with Crippen molar-refractivity contribution in [1.82, 2.24) is 20.2 Å². The molecule has 1 saturated carbocycles. The topological polar surface area (TPSA) is 67.1 Å². The molecule has 0 amide bonds. The number of anilines is 1. The number of aromatic nitrogens is 4. The van der Waals surface area contributed by atoms with Gasteiger partial charge in [-0.15, -0.1) is 0 Å². The molecule has 0 bridgehead atoms. The van der Waals surface area contributed by atoms with Crippen LogP contribution in [0.2, 0.25) is 0 Å². The predicted molar refractivity (Wildman–Crippen MR) is 80.5 cm³/mol. The first-order valence-corrected chi connectivity index (χ1v) is 7.61. The molecule has 0 aliphatic heterocycles. The Balaban J connectivity index is 1.91. The fraction of sp³-hybridized carbons (Fsp3) is 0.533. The van der Waals surface area contributed by atoms with Gasteiger partial charge in [-0.2, -0.15) is 4.68 Å². The van der Waals surface area contributed by atoms with E-state index < -0.39 is 0 Å². The normalized spacial score (nSPS) is 16.0. The molecule has 6 nitrogen and oxygen atoms in total. The molecular weight excluding hydrogens is 266 g/mol. The Hall–Kier alpha value is -1.95. The number of nitrogens with zero attached hydrogens (tertiary/aromatic N) is 5. The van der Waals surface area contributed by atoms with Gasteiger partial charge in [-0.05, 0) is 35.4 Å². The molecule has 112 valence electrons. The Morgan fingerprint density at radius 1 is 1.14 bits per heavy atom. The lowest BCUT2D eigenvalue weighted by Gasteiger charge is -2.34. The van der Waals surface area contributed by atoms with Crippen molar-refractivity contribution in [1.29, 1.82) is 0 Å². The minimum atomic E-state index is 0.109. The van der Waals surface area contributed by atoms with Gasteiger partial charge in [0, 0.05) is 12.6 Å². The van der Waals surface area contributed by atoms with Crippen LogP contribution in [0.15, 0.2) is 30.3 Å². The molecule has 0 saturated heterocycles. The zero-order chi connectivity index (χ0) is 14.5. The Morgan fingerprint density at radius 3 is 2.62 bits per heavy atom. The standard InChI is InChI=1S/C15H21N5O/c21-12-11-19(13-7-3-1-4-8-13)15-16-17-18-20(15)14-9-5-2-6-10-14/h2,5-6,9-10,13,21H,1,3-4,7-8,11-12H2. The number of aliphatic hydroxyl groups is 1. The van der Waals surface area contributed by atoms with Crippen LogP contribution in [0, 0.1) is 0 Å². The number of aliphatic hydroxyl groups excluding tert-OH is 1. The van der Waals surface area contributed by atoms with Gasteiger partial charge in [-0.3, -0.25) is 0 Å². The van der Waals surface area contributed by atoms with E-state index in [2.05, 4.69) is 20.4 Å². The molecule has 6 heteroatoms. The van der Waals surface area contributed by atoms with Gasteiger partial charge < -0.3 is 10.0 Å². The van der Waals surface area contributed by atoms with E-state index in [9.17, 15) is 5.11 Å². The van der Waals surface area contributed by atoms with Crippen molar-refractivity contribution >= 4 is 5.95 Å². The summed E-state index contributed by atoms with van der Waals surface area (Å²) in [5.74, 6) is 0.724. The summed E-state index contributed by atoms with van der Waals surface area (Å²) < 4.78 is 1.75. The highest BCUT2D eigenvalue weighted by molar-refractivity contribution is 5.41. The maximum atomic E-state index is 9.41. The van der Waals surface area contributed by atoms with Crippen molar-refractivity contribution in [2.24, 2.45) is 0 Å². The van der Waals surface area contributed by atoms with Gasteiger partial charge in [-0.1, -0.05) is 42.6 Å². The molecule has 0 atom stereocenters. The second-order valence-electron chi connectivity index (χ2n) is 5.44. The quantitative estimate of drug-likeness (QED) is 0.908. The molecule has 1 aliphatic rings. The van der Waals surface area contributed by atoms with Gasteiger partial charge >= 0.3 is 0 Å². The Bertz CT molecular complexity index is 550. The first-order valence-electron chi connectivity index (χ1n) is 7.61. The highest BCUT2D eigenvalue weighted by Gasteiger charge is 2.25. The van der Waals surface area contributed by atoms with Gasteiger partial charge in [0.15, 0.2) is 0 Å². The number of para-hydroxylation sites is 1. The van der Waals surface area contributed by atoms with Crippen LogP contribution in [0.4, 0.5) is 5.95 Å². The fourth-order valence-corrected chi connectivity index (χ4v) is 3.04. The summed E-state index contributed by atoms with van der Waals surface area (Å²) in [5.41, 5.74) is 0.941. The summed E-state index contributed by atoms with van der Waals surface area (Å²) in [7, 11) is 0. The van der Waals surface area contributed by atoms with Crippen LogP contribution in [-0.2, 0) is 0 Å². The van der Waals surface area contributed by atoms with E-state index in [1.165, 1.54) is 19.3 Å². The summed E-state index contributed by atoms with van der Waals surface area (Å²) >= 11 is 0. The average Bonchev–Trinajstić information content (AvgIpc) is 3.03. The second kappa shape index (κ2) is 6.67. The van der Waals surface area contributed by atoms with Crippen molar-refractivity contribution < 1.29 is 5.11 Å². The SMILES string of the molecule is OCCN(c1nnnn1-c1ccccc1)C1CCCCC1. The lowest BCUT2D eigenvalue weighted by Crippen LogP contribution is -2.40. The minimum absolute atomic E-state index is 0.109. The van der Waals surface area contributed by atoms with Crippen molar-refractivity contribution in [3.63, 3.8) is 0 Å². The molecule has 1 fully saturated rings. The maximum absolute atomic E-state index is 9.41. The summed E-state index contributed by atoms with van der Waals surface area (Å²) in [5, 5.41) is 21.6. The van der Waals surface area contributed by atoms with Crippen LogP contribution in [0.1, 0.15) is 32.1 Å². The van der Waals surface area contributed by atoms with Crippen LogP contribution in [0.5, 0.6) is 0 Å². The number of tetrazole rings is 1. The molecule has 0 radical (unpaired) electrons. The number of hydrogen-bond acceptors (Lipinski definition) is 5. The lowest BCUT2D eigenvalue weighted by atomic mass is 9.94. The number of rotatable bonds is 5. The average molecular weight is 287 g/mol. The van der Waals surface area contributed by atoms with E-state index in [1.54, 1.807) is 4.68 Å². The Labute approximate surface area is 124 Å². The molecule has 1 aromatic carbocycles. The van der Waals surface area contributed by atoms with E-state index in [4.69, 9.17) is 0 Å².